The van der Waals surface area contributed by atoms with Crippen molar-refractivity contribution in [2.45, 2.75) is 40.3 Å². The number of hydrogen-bond donors (Lipinski definition) is 2. The normalized spacial score (nSPS) is 11.1. The number of nitrogens with zero attached hydrogens (tertiary/aromatic N) is 2. The molecule has 0 atom stereocenters. The van der Waals surface area contributed by atoms with Gasteiger partial charge in [0.1, 0.15) is 11.6 Å². The molecule has 0 aliphatic rings. The summed E-state index contributed by atoms with van der Waals surface area (Å²) in [4.78, 5) is 29.3. The summed E-state index contributed by atoms with van der Waals surface area (Å²) in [7, 11) is 3.79. The van der Waals surface area contributed by atoms with E-state index in [1.165, 1.54) is 30.3 Å². The maximum atomic E-state index is 13.7. The maximum Gasteiger partial charge on any atom is 0.322 e. The van der Waals surface area contributed by atoms with Gasteiger partial charge < -0.3 is 20.4 Å². The van der Waals surface area contributed by atoms with Crippen molar-refractivity contribution in [1.82, 2.24) is 4.90 Å². The molecule has 0 spiro atoms. The van der Waals surface area contributed by atoms with Gasteiger partial charge in [-0.3, -0.25) is 4.79 Å². The van der Waals surface area contributed by atoms with Crippen molar-refractivity contribution in [3.63, 3.8) is 0 Å². The summed E-state index contributed by atoms with van der Waals surface area (Å²) < 4.78 is 27.2. The molecule has 0 bridgehead atoms. The number of hydrogen-bond acceptors (Lipinski definition) is 3. The minimum atomic E-state index is -0.462. The second-order valence-electron chi connectivity index (χ2n) is 10.4. The maximum absolute atomic E-state index is 13.7. The Morgan fingerprint density at radius 1 is 0.811 bits per heavy atom. The lowest BCUT2D eigenvalue weighted by Gasteiger charge is -2.27. The zero-order chi connectivity index (χ0) is 27.2. The highest BCUT2D eigenvalue weighted by Crippen LogP contribution is 2.27. The molecule has 8 heteroatoms. The Bertz CT molecular complexity index is 1240. The highest BCUT2D eigenvalue weighted by atomic mass is 19.1. The van der Waals surface area contributed by atoms with Crippen LogP contribution in [0.1, 0.15) is 38.3 Å². The van der Waals surface area contributed by atoms with Crippen LogP contribution in [0.4, 0.5) is 30.6 Å². The lowest BCUT2D eigenvalue weighted by atomic mass is 9.92. The number of carbonyl (C=O) groups excluding carboxylic acids is 2. The zero-order valence-electron chi connectivity index (χ0n) is 21.9. The molecule has 196 valence electrons. The molecule has 0 radical (unpaired) electrons. The van der Waals surface area contributed by atoms with Crippen LogP contribution in [-0.4, -0.2) is 30.9 Å². The van der Waals surface area contributed by atoms with Gasteiger partial charge in [0.15, 0.2) is 0 Å². The van der Waals surface area contributed by atoms with Crippen LogP contribution in [0.25, 0.3) is 0 Å². The monoisotopic (exact) mass is 508 g/mol. The highest BCUT2D eigenvalue weighted by molar-refractivity contribution is 5.92. The minimum absolute atomic E-state index is 0.0944. The summed E-state index contributed by atoms with van der Waals surface area (Å²) >= 11 is 0. The van der Waals surface area contributed by atoms with Crippen molar-refractivity contribution in [2.75, 3.05) is 29.6 Å². The molecule has 6 nitrogen and oxygen atoms in total. The number of carbonyl (C=O) groups is 2. The Balaban J connectivity index is 1.91. The number of halogens is 2. The molecule has 0 unspecified atom stereocenters. The molecule has 0 saturated carbocycles. The van der Waals surface area contributed by atoms with Crippen LogP contribution < -0.4 is 15.5 Å². The molecule has 3 amide bonds. The van der Waals surface area contributed by atoms with E-state index in [0.29, 0.717) is 17.8 Å². The minimum Gasteiger partial charge on any atom is -0.377 e. The average molecular weight is 509 g/mol. The van der Waals surface area contributed by atoms with Gasteiger partial charge in [-0.25, -0.2) is 13.6 Å². The smallest absolute Gasteiger partial charge is 0.322 e. The third-order valence-electron chi connectivity index (χ3n) is 5.55. The number of amides is 3. The third kappa shape index (κ3) is 8.59. The largest absolute Gasteiger partial charge is 0.377 e. The van der Waals surface area contributed by atoms with Crippen LogP contribution in [0.5, 0.6) is 0 Å². The predicted molar refractivity (Wildman–Crippen MR) is 145 cm³/mol. The number of anilines is 3. The van der Waals surface area contributed by atoms with E-state index in [1.54, 1.807) is 23.1 Å². The standard InChI is InChI=1S/C29H34F2N4O2/c1-29(2,3)17-27(36)32-25-13-14-26(34(4)5)21(15-25)19-35(18-20-9-11-22(30)12-10-20)28(37)33-24-8-6-7-23(31)16-24/h6-16H,17-19H2,1-5H3,(H,32,36)(H,33,37). The first-order valence-corrected chi connectivity index (χ1v) is 12.1. The molecule has 2 N–H and O–H groups in total. The molecule has 3 aromatic carbocycles. The van der Waals surface area contributed by atoms with Crippen molar-refractivity contribution < 1.29 is 18.4 Å². The quantitative estimate of drug-likeness (QED) is 0.359. The lowest BCUT2D eigenvalue weighted by molar-refractivity contribution is -0.117. The van der Waals surface area contributed by atoms with Gasteiger partial charge in [-0.05, 0) is 65.1 Å². The highest BCUT2D eigenvalue weighted by Gasteiger charge is 2.20. The number of nitrogens with one attached hydrogen (secondary N) is 2. The van der Waals surface area contributed by atoms with E-state index in [1.807, 2.05) is 58.0 Å². The van der Waals surface area contributed by atoms with Crippen LogP contribution in [0, 0.1) is 17.0 Å². The van der Waals surface area contributed by atoms with Gasteiger partial charge in [-0.1, -0.05) is 39.0 Å². The average Bonchev–Trinajstić information content (AvgIpc) is 2.78. The predicted octanol–water partition coefficient (Wildman–Crippen LogP) is 6.64. The summed E-state index contributed by atoms with van der Waals surface area (Å²) in [6, 6.07) is 16.7. The van der Waals surface area contributed by atoms with Gasteiger partial charge in [0.05, 0.1) is 0 Å². The topological polar surface area (TPSA) is 64.7 Å². The molecule has 0 aliphatic carbocycles. The molecular formula is C29H34F2N4O2. The summed E-state index contributed by atoms with van der Waals surface area (Å²) in [5.74, 6) is -0.923. The van der Waals surface area contributed by atoms with E-state index < -0.39 is 11.8 Å². The van der Waals surface area contributed by atoms with Crippen LogP contribution >= 0.6 is 0 Å². The van der Waals surface area contributed by atoms with E-state index >= 15 is 0 Å². The van der Waals surface area contributed by atoms with Crippen molar-refractivity contribution in [1.29, 1.82) is 0 Å². The van der Waals surface area contributed by atoms with E-state index in [9.17, 15) is 18.4 Å². The van der Waals surface area contributed by atoms with Gasteiger partial charge in [0.25, 0.3) is 0 Å². The second kappa shape index (κ2) is 11.9. The van der Waals surface area contributed by atoms with Crippen LogP contribution in [0.2, 0.25) is 0 Å². The van der Waals surface area contributed by atoms with Gasteiger partial charge >= 0.3 is 6.03 Å². The first kappa shape index (κ1) is 27.6. The first-order chi connectivity index (χ1) is 17.4. The summed E-state index contributed by atoms with van der Waals surface area (Å²) in [6.45, 7) is 6.37. The fourth-order valence-electron chi connectivity index (χ4n) is 3.90. The van der Waals surface area contributed by atoms with Gasteiger partial charge in [-0.2, -0.15) is 0 Å². The van der Waals surface area contributed by atoms with Gasteiger partial charge in [0.2, 0.25) is 5.91 Å². The van der Waals surface area contributed by atoms with Gasteiger partial charge in [0, 0.05) is 50.7 Å². The van der Waals surface area contributed by atoms with Crippen LogP contribution in [0.15, 0.2) is 66.7 Å². The molecule has 0 aliphatic heterocycles. The van der Waals surface area contributed by atoms with E-state index in [2.05, 4.69) is 10.6 Å². The Morgan fingerprint density at radius 2 is 1.49 bits per heavy atom. The Labute approximate surface area is 217 Å². The fourth-order valence-corrected chi connectivity index (χ4v) is 3.90. The van der Waals surface area contributed by atoms with Crippen molar-refractivity contribution >= 4 is 29.0 Å². The summed E-state index contributed by atoms with van der Waals surface area (Å²) in [5.41, 5.74) is 3.20. The van der Waals surface area contributed by atoms with Gasteiger partial charge in [-0.15, -0.1) is 0 Å². The van der Waals surface area contributed by atoms with E-state index in [4.69, 9.17) is 0 Å². The first-order valence-electron chi connectivity index (χ1n) is 12.1. The number of urea groups is 1. The number of rotatable bonds is 8. The van der Waals surface area contributed by atoms with E-state index in [-0.39, 0.29) is 30.2 Å². The van der Waals surface area contributed by atoms with Crippen molar-refractivity contribution in [3.8, 4) is 0 Å². The van der Waals surface area contributed by atoms with Crippen molar-refractivity contribution in [2.24, 2.45) is 5.41 Å². The molecule has 0 aromatic heterocycles. The molecule has 3 rings (SSSR count). The number of benzene rings is 3. The summed E-state index contributed by atoms with van der Waals surface area (Å²) in [6.07, 6.45) is 0.366. The third-order valence-corrected chi connectivity index (χ3v) is 5.55. The van der Waals surface area contributed by atoms with E-state index in [0.717, 1.165) is 16.8 Å². The SMILES string of the molecule is CN(C)c1ccc(NC(=O)CC(C)(C)C)cc1CN(Cc1ccc(F)cc1)C(=O)Nc1cccc(F)c1. The van der Waals surface area contributed by atoms with Crippen LogP contribution in [0.3, 0.4) is 0 Å². The molecule has 0 saturated heterocycles. The summed E-state index contributed by atoms with van der Waals surface area (Å²) in [5, 5.41) is 5.70. The Hall–Kier alpha value is -3.94. The fraction of sp³-hybridized carbons (Fsp3) is 0.310. The second-order valence-corrected chi connectivity index (χ2v) is 10.4. The molecule has 0 fully saturated rings. The Morgan fingerprint density at radius 3 is 2.11 bits per heavy atom. The van der Waals surface area contributed by atoms with Crippen molar-refractivity contribution in [3.05, 3.63) is 89.5 Å². The molecule has 3 aromatic rings. The van der Waals surface area contributed by atoms with Crippen LogP contribution in [-0.2, 0) is 17.9 Å². The lowest BCUT2D eigenvalue weighted by Crippen LogP contribution is -2.34. The molecule has 0 heterocycles. The zero-order valence-corrected chi connectivity index (χ0v) is 21.9. The molecular weight excluding hydrogens is 474 g/mol. The Kier molecular flexibility index (Phi) is 8.86. The molecule has 37 heavy (non-hydrogen) atoms.